The average Bonchev–Trinajstić information content (AvgIpc) is 2.50. The summed E-state index contributed by atoms with van der Waals surface area (Å²) in [5, 5.41) is 0. The van der Waals surface area contributed by atoms with Gasteiger partial charge in [0.2, 0.25) is 0 Å². The van der Waals surface area contributed by atoms with E-state index in [4.69, 9.17) is 0 Å². The first-order valence-electron chi connectivity index (χ1n) is 4.19. The number of rotatable bonds is 1. The summed E-state index contributed by atoms with van der Waals surface area (Å²) in [6, 6.07) is 9.33. The fourth-order valence-electron chi connectivity index (χ4n) is 1.30. The predicted octanol–water partition coefficient (Wildman–Crippen LogP) is 1.94. The molecule has 0 atom stereocenters. The van der Waals surface area contributed by atoms with E-state index >= 15 is 0 Å². The van der Waals surface area contributed by atoms with Crippen LogP contribution in [0.15, 0.2) is 45.8 Å². The van der Waals surface area contributed by atoms with Crippen LogP contribution in [0, 0.1) is 0 Å². The van der Waals surface area contributed by atoms with Crippen LogP contribution in [0.25, 0.3) is 5.69 Å². The first-order chi connectivity index (χ1) is 6.68. The molecule has 1 heterocycles. The monoisotopic (exact) mass is 252 g/mol. The fourth-order valence-corrected chi connectivity index (χ4v) is 1.57. The van der Waals surface area contributed by atoms with Gasteiger partial charge in [-0.3, -0.25) is 9.48 Å². The Labute approximate surface area is 89.7 Å². The largest absolute Gasteiger partial charge is 0.268 e. The lowest BCUT2D eigenvalue weighted by Gasteiger charge is -2.06. The number of hydrogen-bond acceptors (Lipinski definition) is 1. The minimum atomic E-state index is -0.00656. The summed E-state index contributed by atoms with van der Waals surface area (Å²) in [6.45, 7) is 0. The molecule has 2 aromatic rings. The smallest absolute Gasteiger partial charge is 0.266 e. The molecule has 3 nitrogen and oxygen atoms in total. The van der Waals surface area contributed by atoms with E-state index < -0.39 is 0 Å². The van der Waals surface area contributed by atoms with Gasteiger partial charge in [-0.25, -0.2) is 4.68 Å². The molecule has 0 fully saturated rings. The Bertz CT molecular complexity index is 496. The topological polar surface area (TPSA) is 26.9 Å². The summed E-state index contributed by atoms with van der Waals surface area (Å²) in [6.07, 6.45) is 1.76. The molecule has 2 rings (SSSR count). The molecule has 0 radical (unpaired) electrons. The first kappa shape index (κ1) is 9.27. The second-order valence-electron chi connectivity index (χ2n) is 3.00. The second-order valence-corrected chi connectivity index (χ2v) is 3.91. The number of nitrogens with zero attached hydrogens (tertiary/aromatic N) is 2. The second kappa shape index (κ2) is 3.46. The molecule has 72 valence electrons. The summed E-state index contributed by atoms with van der Waals surface area (Å²) >= 11 is 3.36. The Morgan fingerprint density at radius 1 is 1.14 bits per heavy atom. The minimum absolute atomic E-state index is 0.00656. The molecule has 0 aliphatic carbocycles. The lowest BCUT2D eigenvalue weighted by Crippen LogP contribution is -2.17. The van der Waals surface area contributed by atoms with E-state index in [2.05, 4.69) is 15.9 Å². The predicted molar refractivity (Wildman–Crippen MR) is 58.7 cm³/mol. The van der Waals surface area contributed by atoms with Gasteiger partial charge in [0.25, 0.3) is 5.56 Å². The van der Waals surface area contributed by atoms with Crippen molar-refractivity contribution in [2.24, 2.45) is 7.05 Å². The Kier molecular flexibility index (Phi) is 2.29. The van der Waals surface area contributed by atoms with E-state index in [1.54, 1.807) is 28.7 Å². The molecule has 0 unspecified atom stereocenters. The zero-order valence-corrected chi connectivity index (χ0v) is 9.23. The van der Waals surface area contributed by atoms with E-state index in [0.29, 0.717) is 0 Å². The van der Waals surface area contributed by atoms with E-state index in [-0.39, 0.29) is 5.56 Å². The molecule has 1 aromatic heterocycles. The molecule has 0 N–H and O–H groups in total. The van der Waals surface area contributed by atoms with Crippen molar-refractivity contribution in [1.29, 1.82) is 0 Å². The van der Waals surface area contributed by atoms with Crippen molar-refractivity contribution in [3.05, 3.63) is 51.4 Å². The molecule has 0 saturated carbocycles. The Morgan fingerprint density at radius 3 is 2.29 bits per heavy atom. The molecule has 0 amide bonds. The lowest BCUT2D eigenvalue weighted by atomic mass is 10.3. The van der Waals surface area contributed by atoms with Gasteiger partial charge >= 0.3 is 0 Å². The Balaban J connectivity index is 2.55. The summed E-state index contributed by atoms with van der Waals surface area (Å²) in [5.74, 6) is 0. The van der Waals surface area contributed by atoms with Gasteiger partial charge in [-0.2, -0.15) is 0 Å². The van der Waals surface area contributed by atoms with Crippen LogP contribution in [0.2, 0.25) is 0 Å². The van der Waals surface area contributed by atoms with Crippen LogP contribution >= 0.6 is 15.9 Å². The zero-order valence-electron chi connectivity index (χ0n) is 7.64. The highest BCUT2D eigenvalue weighted by Crippen LogP contribution is 2.12. The van der Waals surface area contributed by atoms with Gasteiger partial charge in [-0.05, 0) is 24.3 Å². The highest BCUT2D eigenvalue weighted by molar-refractivity contribution is 9.10. The van der Waals surface area contributed by atoms with Crippen LogP contribution in [-0.4, -0.2) is 9.36 Å². The van der Waals surface area contributed by atoms with Crippen LogP contribution in [0.1, 0.15) is 0 Å². The number of halogens is 1. The number of aromatic nitrogens is 2. The van der Waals surface area contributed by atoms with E-state index in [1.165, 1.54) is 0 Å². The Hall–Kier alpha value is -1.29. The Morgan fingerprint density at radius 2 is 1.79 bits per heavy atom. The number of benzene rings is 1. The van der Waals surface area contributed by atoms with Crippen molar-refractivity contribution >= 4 is 15.9 Å². The quantitative estimate of drug-likeness (QED) is 0.762. The molecule has 0 saturated heterocycles. The summed E-state index contributed by atoms with van der Waals surface area (Å²) in [4.78, 5) is 11.2. The maximum Gasteiger partial charge on any atom is 0.266 e. The van der Waals surface area contributed by atoms with Gasteiger partial charge in [-0.15, -0.1) is 0 Å². The van der Waals surface area contributed by atoms with Crippen molar-refractivity contribution in [3.63, 3.8) is 0 Å². The number of hydrogen-bond donors (Lipinski definition) is 0. The summed E-state index contributed by atoms with van der Waals surface area (Å²) < 4.78 is 4.39. The van der Waals surface area contributed by atoms with Gasteiger partial charge < -0.3 is 0 Å². The van der Waals surface area contributed by atoms with Crippen molar-refractivity contribution < 1.29 is 0 Å². The van der Waals surface area contributed by atoms with Gasteiger partial charge in [-0.1, -0.05) is 15.9 Å². The van der Waals surface area contributed by atoms with E-state index in [1.807, 2.05) is 24.3 Å². The van der Waals surface area contributed by atoms with E-state index in [9.17, 15) is 4.79 Å². The minimum Gasteiger partial charge on any atom is -0.268 e. The molecule has 0 bridgehead atoms. The fraction of sp³-hybridized carbons (Fsp3) is 0.100. The first-order valence-corrected chi connectivity index (χ1v) is 4.98. The van der Waals surface area contributed by atoms with Crippen LogP contribution in [-0.2, 0) is 7.05 Å². The standard InChI is InChI=1S/C10H9BrN2O/c1-12-10(14)6-7-13(12)9-4-2-8(11)3-5-9/h2-7H,1H3. The molecule has 0 aliphatic heterocycles. The van der Waals surface area contributed by atoms with Crippen molar-refractivity contribution in [2.45, 2.75) is 0 Å². The third kappa shape index (κ3) is 1.53. The zero-order chi connectivity index (χ0) is 10.1. The van der Waals surface area contributed by atoms with Crippen molar-refractivity contribution in [2.75, 3.05) is 0 Å². The average molecular weight is 253 g/mol. The van der Waals surface area contributed by atoms with Crippen LogP contribution in [0.4, 0.5) is 0 Å². The molecule has 0 spiro atoms. The maximum atomic E-state index is 11.2. The van der Waals surface area contributed by atoms with E-state index in [0.717, 1.165) is 10.2 Å². The van der Waals surface area contributed by atoms with Gasteiger partial charge in [0.1, 0.15) is 0 Å². The van der Waals surface area contributed by atoms with Crippen molar-refractivity contribution in [1.82, 2.24) is 9.36 Å². The lowest BCUT2D eigenvalue weighted by molar-refractivity contribution is 0.641. The SMILES string of the molecule is Cn1c(=O)ccn1-c1ccc(Br)cc1. The molecule has 1 aromatic carbocycles. The van der Waals surface area contributed by atoms with Gasteiger partial charge in [0, 0.05) is 23.8 Å². The summed E-state index contributed by atoms with van der Waals surface area (Å²) in [5.41, 5.74) is 0.964. The molecule has 14 heavy (non-hydrogen) atoms. The van der Waals surface area contributed by atoms with Crippen LogP contribution in [0.3, 0.4) is 0 Å². The maximum absolute atomic E-state index is 11.2. The van der Waals surface area contributed by atoms with Crippen molar-refractivity contribution in [3.8, 4) is 5.69 Å². The molecule has 4 heteroatoms. The normalized spacial score (nSPS) is 10.4. The third-order valence-corrected chi connectivity index (χ3v) is 2.62. The van der Waals surface area contributed by atoms with Crippen LogP contribution in [0.5, 0.6) is 0 Å². The van der Waals surface area contributed by atoms with Crippen LogP contribution < -0.4 is 5.56 Å². The third-order valence-electron chi connectivity index (χ3n) is 2.09. The highest BCUT2D eigenvalue weighted by atomic mass is 79.9. The summed E-state index contributed by atoms with van der Waals surface area (Å²) in [7, 11) is 1.74. The molecular formula is C10H9BrN2O. The molecular weight excluding hydrogens is 244 g/mol. The van der Waals surface area contributed by atoms with Gasteiger partial charge in [0.05, 0.1) is 5.69 Å². The highest BCUT2D eigenvalue weighted by Gasteiger charge is 2.00. The van der Waals surface area contributed by atoms with Gasteiger partial charge in [0.15, 0.2) is 0 Å². The molecule has 0 aliphatic rings.